The predicted molar refractivity (Wildman–Crippen MR) is 506 cm³/mol. The van der Waals surface area contributed by atoms with Gasteiger partial charge in [0.25, 0.3) is 0 Å². The molecule has 133 heavy (non-hydrogen) atoms. The monoisotopic (exact) mass is 1860 g/mol. The average molecular weight is 1860 g/mol. The van der Waals surface area contributed by atoms with Gasteiger partial charge in [-0.15, -0.1) is 0 Å². The van der Waals surface area contributed by atoms with E-state index < -0.39 is 216 Å². The minimum atomic E-state index is -1.66. The molecule has 16 amide bonds. The number of nitrogens with zero attached hydrogens (tertiary/aromatic N) is 1. The third-order valence-electron chi connectivity index (χ3n) is 24.0. The minimum Gasteiger partial charge on any atom is -0.394 e. The van der Waals surface area contributed by atoms with Gasteiger partial charge in [0, 0.05) is 25.8 Å². The molecule has 1 fully saturated rings. The molecular weight excluding hydrogens is 1710 g/mol. The summed E-state index contributed by atoms with van der Waals surface area (Å²) in [7, 11) is 0. The first kappa shape index (κ1) is 114. The van der Waals surface area contributed by atoms with E-state index >= 15 is 0 Å². The molecule has 29 N–H and O–H groups in total. The number of nitrogens with two attached hydrogens (primary N) is 7. The van der Waals surface area contributed by atoms with E-state index in [9.17, 15) is 81.8 Å². The number of benzene rings is 3. The van der Waals surface area contributed by atoms with E-state index in [1.54, 1.807) is 133 Å². The van der Waals surface area contributed by atoms with Crippen molar-refractivity contribution in [2.45, 2.75) is 307 Å². The van der Waals surface area contributed by atoms with Crippen LogP contribution in [0.1, 0.15) is 214 Å². The molecular formula is C94H154N22O17. The van der Waals surface area contributed by atoms with Gasteiger partial charge in [0.1, 0.15) is 90.6 Å². The van der Waals surface area contributed by atoms with Gasteiger partial charge < -0.3 is 125 Å². The Kier molecular flexibility index (Phi) is 53.6. The lowest BCUT2D eigenvalue weighted by Gasteiger charge is -2.32. The van der Waals surface area contributed by atoms with Crippen molar-refractivity contribution >= 4 is 94.5 Å². The number of carbonyl (C=O) groups is 16. The highest BCUT2D eigenvalue weighted by atomic mass is 16.3. The summed E-state index contributed by atoms with van der Waals surface area (Å²) in [6.45, 7) is 15.3. The van der Waals surface area contributed by atoms with Crippen LogP contribution in [0.4, 0.5) is 0 Å². The maximum Gasteiger partial charge on any atom is 0.248 e. The summed E-state index contributed by atoms with van der Waals surface area (Å²) in [6.07, 6.45) is 5.65. The van der Waals surface area contributed by atoms with E-state index in [1.165, 1.54) is 11.8 Å². The van der Waals surface area contributed by atoms with Crippen molar-refractivity contribution in [3.63, 3.8) is 0 Å². The van der Waals surface area contributed by atoms with Gasteiger partial charge in [0.15, 0.2) is 0 Å². The summed E-state index contributed by atoms with van der Waals surface area (Å²) in [5, 5.41) is 49.4. The second-order valence-corrected chi connectivity index (χ2v) is 35.1. The molecule has 39 heteroatoms. The SMILES string of the molecule is CC[C@H](C)[C@H](NC(=O)[C@H](CCCCN)NC(=O)[C@H](C)NC(=O)[C@H](Cc1ccccc1)NC(=O)[C@H](Cc1ccccc1)NC(=O)CN)C(=O)N[C@@H](CCCCN)C(=O)N[C@@H](CCCCN)C(=O)N[C@H](C(=O)N[C@H](C(=O)N[C@@H](CCCCN)C(=O)N[C@@H](CO)C(=O)N1CCC[C@H]1C(=O)N[C@@H](CC(C)C)C(=O)N[C@@H](Cc1ccccc1)C(=O)N[C@@H](CCCCN)C(N)=O)[C@@H](C)CC)[C@@H](C)CC. The average Bonchev–Trinajstić information content (AvgIpc) is 1.69. The molecule has 742 valence electrons. The number of carbonyl (C=O) groups excluding carboxylic acids is 16. The fourth-order valence-electron chi connectivity index (χ4n) is 15.3. The summed E-state index contributed by atoms with van der Waals surface area (Å²) < 4.78 is 0. The molecule has 1 heterocycles. The zero-order chi connectivity index (χ0) is 98.7. The molecule has 0 aromatic heterocycles. The van der Waals surface area contributed by atoms with Gasteiger partial charge >= 0.3 is 0 Å². The summed E-state index contributed by atoms with van der Waals surface area (Å²) in [5.41, 5.74) is 42.7. The van der Waals surface area contributed by atoms with Gasteiger partial charge in [0.2, 0.25) is 94.5 Å². The van der Waals surface area contributed by atoms with Crippen LogP contribution in [0.25, 0.3) is 0 Å². The minimum absolute atomic E-state index is 0.00166. The number of primary amides is 1. The van der Waals surface area contributed by atoms with Crippen LogP contribution in [-0.2, 0) is 96.0 Å². The van der Waals surface area contributed by atoms with Gasteiger partial charge in [-0.05, 0) is 196 Å². The molecule has 3 aromatic rings. The summed E-state index contributed by atoms with van der Waals surface area (Å²) in [5.74, 6) is -14.4. The quantitative estimate of drug-likeness (QED) is 0.0295. The molecule has 1 aliphatic rings. The standard InChI is InChI=1S/C94H154N22O17/c1-10-58(6)77(113-84(123)68(42-25-30-48-98)105-81(120)61(9)102-86(125)72(53-63-35-18-14-19-36-63)109-88(127)71(103-76(118)55-100)52-62-33-16-13-17-34-62)91(130)107-66(40-23-28-46-96)82(121)106-69(43-26-31-49-99)85(124)114-79(60(8)12-3)93(132)115-78(59(7)11-2)92(131)108-67(41-24-29-47-97)83(122)112-74(56-117)94(133)116-50-32-44-75(116)90(129)111-70(51-57(4)5)87(126)110-73(54-64-37-20-15-21-38-64)89(128)104-65(80(101)119)39-22-27-45-95/h13-21,33-38,57-61,65-75,77-79,117H,10-12,22-32,39-56,95-100H2,1-9H3,(H2,101,119)(H,102,125)(H,103,118)(H,104,128)(H,105,120)(H,106,121)(H,107,130)(H,108,131)(H,109,127)(H,110,126)(H,111,129)(H,112,122)(H,113,123)(H,114,124)(H,115,132)/t58-,59-,60-,61-,65-,66-,67-,68-,69-,70-,71-,72-,73-,74-,75-,77-,78-,79-/m0/s1. The van der Waals surface area contributed by atoms with Crippen LogP contribution in [0.3, 0.4) is 0 Å². The number of aliphatic hydroxyl groups is 1. The molecule has 0 unspecified atom stereocenters. The smallest absolute Gasteiger partial charge is 0.248 e. The number of likely N-dealkylation sites (tertiary alicyclic amines) is 1. The molecule has 1 saturated heterocycles. The Morgan fingerprint density at radius 3 is 0.985 bits per heavy atom. The first-order valence-electron chi connectivity index (χ1n) is 47.3. The van der Waals surface area contributed by atoms with Gasteiger partial charge in [-0.3, -0.25) is 76.7 Å². The first-order valence-corrected chi connectivity index (χ1v) is 47.3. The molecule has 0 bridgehead atoms. The van der Waals surface area contributed by atoms with Crippen molar-refractivity contribution in [3.05, 3.63) is 108 Å². The van der Waals surface area contributed by atoms with Gasteiger partial charge in [-0.25, -0.2) is 0 Å². The Balaban J connectivity index is 1.56. The largest absolute Gasteiger partial charge is 0.394 e. The second-order valence-electron chi connectivity index (χ2n) is 35.1. The van der Waals surface area contributed by atoms with Crippen LogP contribution in [0.15, 0.2) is 91.0 Å². The van der Waals surface area contributed by atoms with Crippen LogP contribution in [0, 0.1) is 23.7 Å². The molecule has 39 nitrogen and oxygen atoms in total. The number of hydrogen-bond acceptors (Lipinski definition) is 23. The number of unbranched alkanes of at least 4 members (excludes halogenated alkanes) is 5. The highest BCUT2D eigenvalue weighted by molar-refractivity contribution is 6.01. The number of rotatable bonds is 65. The molecule has 0 aliphatic carbocycles. The molecule has 0 spiro atoms. The van der Waals surface area contributed by atoms with Crippen LogP contribution in [-0.4, -0.2) is 248 Å². The lowest BCUT2D eigenvalue weighted by Crippen LogP contribution is -2.62. The van der Waals surface area contributed by atoms with Crippen molar-refractivity contribution in [1.29, 1.82) is 0 Å². The van der Waals surface area contributed by atoms with Crippen LogP contribution < -0.4 is 115 Å². The van der Waals surface area contributed by atoms with Crippen LogP contribution in [0.2, 0.25) is 0 Å². The zero-order valence-electron chi connectivity index (χ0n) is 79.2. The molecule has 18 atom stereocenters. The summed E-state index contributed by atoms with van der Waals surface area (Å²) >= 11 is 0. The zero-order valence-corrected chi connectivity index (χ0v) is 79.2. The predicted octanol–water partition coefficient (Wildman–Crippen LogP) is -1.22. The lowest BCUT2D eigenvalue weighted by molar-refractivity contribution is -0.143. The topological polar surface area (TPSA) is 647 Å². The highest BCUT2D eigenvalue weighted by Gasteiger charge is 2.43. The van der Waals surface area contributed by atoms with Crippen molar-refractivity contribution < 1.29 is 81.8 Å². The van der Waals surface area contributed by atoms with E-state index in [0.29, 0.717) is 107 Å². The van der Waals surface area contributed by atoms with E-state index in [-0.39, 0.29) is 109 Å². The van der Waals surface area contributed by atoms with Gasteiger partial charge in [-0.2, -0.15) is 0 Å². The number of nitrogens with one attached hydrogen (secondary N) is 14. The van der Waals surface area contributed by atoms with Crippen molar-refractivity contribution in [2.75, 3.05) is 52.4 Å². The fourth-order valence-corrected chi connectivity index (χ4v) is 15.3. The molecule has 3 aromatic carbocycles. The van der Waals surface area contributed by atoms with E-state index in [1.807, 2.05) is 13.8 Å². The maximum absolute atomic E-state index is 15.0. The summed E-state index contributed by atoms with van der Waals surface area (Å²) in [4.78, 5) is 230. The number of hydrogen-bond donors (Lipinski definition) is 22. The first-order chi connectivity index (χ1) is 63.6. The normalized spacial score (nSPS) is 16.3. The highest BCUT2D eigenvalue weighted by Crippen LogP contribution is 2.23. The van der Waals surface area contributed by atoms with Crippen LogP contribution in [0.5, 0.6) is 0 Å². The van der Waals surface area contributed by atoms with E-state index in [2.05, 4.69) is 74.4 Å². The van der Waals surface area contributed by atoms with Crippen molar-refractivity contribution in [1.82, 2.24) is 79.3 Å². The Morgan fingerprint density at radius 1 is 0.346 bits per heavy atom. The Morgan fingerprint density at radius 2 is 0.639 bits per heavy atom. The van der Waals surface area contributed by atoms with Crippen LogP contribution >= 0.6 is 0 Å². The molecule has 0 saturated carbocycles. The lowest BCUT2D eigenvalue weighted by atomic mass is 9.94. The third kappa shape index (κ3) is 40.3. The Hall–Kier alpha value is -11.1. The molecule has 0 radical (unpaired) electrons. The van der Waals surface area contributed by atoms with Gasteiger partial charge in [0.05, 0.1) is 13.2 Å². The summed E-state index contributed by atoms with van der Waals surface area (Å²) in [6, 6.07) is 6.88. The number of amides is 16. The molecule has 4 rings (SSSR count). The van der Waals surface area contributed by atoms with Crippen molar-refractivity contribution in [3.8, 4) is 0 Å². The Labute approximate surface area is 782 Å². The third-order valence-corrected chi connectivity index (χ3v) is 24.0. The van der Waals surface area contributed by atoms with E-state index in [0.717, 1.165) is 0 Å². The van der Waals surface area contributed by atoms with E-state index in [4.69, 9.17) is 40.1 Å². The van der Waals surface area contributed by atoms with Crippen molar-refractivity contribution in [2.24, 2.45) is 63.8 Å². The molecule has 1 aliphatic heterocycles. The maximum atomic E-state index is 15.0. The Bertz CT molecular complexity index is 4140. The fraction of sp³-hybridized carbons (Fsp3) is 0.638. The second kappa shape index (κ2) is 62.4. The number of aliphatic hydroxyl groups excluding tert-OH is 1. The van der Waals surface area contributed by atoms with Gasteiger partial charge in [-0.1, -0.05) is 166 Å².